The van der Waals surface area contributed by atoms with Gasteiger partial charge in [0.15, 0.2) is 0 Å². The normalized spacial score (nSPS) is 14.9. The molecule has 0 saturated carbocycles. The Hall–Kier alpha value is -4.68. The molecule has 277 valence electrons. The van der Waals surface area contributed by atoms with Crippen molar-refractivity contribution in [3.63, 3.8) is 0 Å². The molecule has 0 spiro atoms. The Balaban J connectivity index is 0.000000265. The van der Waals surface area contributed by atoms with E-state index in [9.17, 15) is 0 Å². The molecule has 0 aliphatic rings. The molecule has 0 aliphatic heterocycles. The molecule has 0 aliphatic carbocycles. The first-order valence-corrected chi connectivity index (χ1v) is 21.3. The van der Waals surface area contributed by atoms with Crippen LogP contribution < -0.4 is 5.19 Å². The van der Waals surface area contributed by atoms with E-state index >= 15 is 0 Å². The van der Waals surface area contributed by atoms with Gasteiger partial charge in [0, 0.05) is 55.9 Å². The van der Waals surface area contributed by atoms with Gasteiger partial charge in [-0.05, 0) is 52.8 Å². The van der Waals surface area contributed by atoms with Gasteiger partial charge in [-0.1, -0.05) is 121 Å². The average molecular weight is 914 g/mol. The molecule has 8 aromatic rings. The number of aryl methyl sites for hydroxylation is 3. The molecule has 0 atom stereocenters. The predicted molar refractivity (Wildman–Crippen MR) is 224 cm³/mol. The number of nitrogens with zero attached hydrogens (tertiary/aromatic N) is 4. The molecule has 0 N–H and O–H groups in total. The number of hydrogen-bond acceptors (Lipinski definition) is 4. The Morgan fingerprint density at radius 2 is 1.57 bits per heavy atom. The zero-order valence-electron chi connectivity index (χ0n) is 40.4. The summed E-state index contributed by atoms with van der Waals surface area (Å²) in [7, 11) is -1.34. The number of para-hydroxylation sites is 2. The number of furan rings is 1. The van der Waals surface area contributed by atoms with E-state index < -0.39 is 28.6 Å². The minimum atomic E-state index is -2.51. The molecule has 7 heteroatoms. The van der Waals surface area contributed by atoms with Crippen molar-refractivity contribution in [3.8, 4) is 28.3 Å². The molecule has 4 heterocycles. The molecule has 0 unspecified atom stereocenters. The monoisotopic (exact) mass is 914 g/mol. The van der Waals surface area contributed by atoms with E-state index in [1.807, 2.05) is 53.2 Å². The first-order valence-electron chi connectivity index (χ1n) is 22.3. The van der Waals surface area contributed by atoms with E-state index in [0.29, 0.717) is 49.9 Å². The molecule has 54 heavy (non-hydrogen) atoms. The van der Waals surface area contributed by atoms with Crippen molar-refractivity contribution in [1.29, 1.82) is 0 Å². The van der Waals surface area contributed by atoms with Gasteiger partial charge in [-0.25, -0.2) is 0 Å². The van der Waals surface area contributed by atoms with Crippen LogP contribution in [0, 0.1) is 32.7 Å². The number of benzene rings is 4. The number of imidazole rings is 1. The van der Waals surface area contributed by atoms with Gasteiger partial charge in [-0.2, -0.15) is 0 Å². The van der Waals surface area contributed by atoms with Gasteiger partial charge in [0.2, 0.25) is 0 Å². The summed E-state index contributed by atoms with van der Waals surface area (Å²) in [5.74, 6) is 0.606. The summed E-state index contributed by atoms with van der Waals surface area (Å²) >= 11 is 0. The minimum Gasteiger partial charge on any atom is -0.501 e. The van der Waals surface area contributed by atoms with Crippen molar-refractivity contribution in [2.45, 2.75) is 79.7 Å². The smallest absolute Gasteiger partial charge is 0.120 e. The van der Waals surface area contributed by atoms with Crippen LogP contribution in [0.4, 0.5) is 0 Å². The second-order valence-corrected chi connectivity index (χ2v) is 20.0. The fourth-order valence-electron chi connectivity index (χ4n) is 6.70. The Bertz CT molecular complexity index is 2830. The van der Waals surface area contributed by atoms with Gasteiger partial charge in [-0.3, -0.25) is 9.97 Å². The molecule has 1 radical (unpaired) electrons. The van der Waals surface area contributed by atoms with Gasteiger partial charge in [0.05, 0.1) is 36.2 Å². The van der Waals surface area contributed by atoms with Crippen molar-refractivity contribution >= 4 is 46.2 Å². The third-order valence-electron chi connectivity index (χ3n) is 9.53. The standard InChI is InChI=1S/C32H30N3O.C15H18NSi.Ir/c1-18(2)22-11-9-12-23(19(3)4)30(22)35-29-21(6)33-17-16-26(29)34-32(35)25-15-14-20(5)28-24-10-7-8-13-27(24)36-31(25)28;1-12-5-7-13(8-6-12)15-10-9-14(11-16-15)17(2,3)4;/h7-14,16-19H,1-6H3;5-7,9-11H,1-4H3;/q2*-1;/i5D3,6D3;1D3;. The zero-order chi connectivity index (χ0) is 45.1. The van der Waals surface area contributed by atoms with Gasteiger partial charge in [0.25, 0.3) is 0 Å². The van der Waals surface area contributed by atoms with Crippen LogP contribution in [0.25, 0.3) is 61.3 Å². The van der Waals surface area contributed by atoms with Crippen LogP contribution in [0.1, 0.15) is 79.8 Å². The Labute approximate surface area is 346 Å². The molecule has 0 saturated heterocycles. The maximum Gasteiger partial charge on any atom is 0.120 e. The SMILES string of the molecule is [2H]C([2H])([2H])c1c[c-]c(-c2ccc([Si](C)(C)C)cn2)cc1.[2H]C([2H])([2H])c1c[c-]c(-c2nc3ccnc(C([2H])([2H])[2H])c3n2-c2c(C(C)C)cccc2C(C)C)c2oc3ccccc3c12.[Ir]. The number of rotatable bonds is 6. The summed E-state index contributed by atoms with van der Waals surface area (Å²) < 4.78 is 80.0. The first-order chi connectivity index (χ1) is 29.0. The third-order valence-corrected chi connectivity index (χ3v) is 11.6. The predicted octanol–water partition coefficient (Wildman–Crippen LogP) is 12.1. The van der Waals surface area contributed by atoms with Gasteiger partial charge in [-0.15, -0.1) is 53.1 Å². The number of hydrogen-bond donors (Lipinski definition) is 0. The van der Waals surface area contributed by atoms with Crippen LogP contribution >= 0.6 is 0 Å². The van der Waals surface area contributed by atoms with E-state index in [2.05, 4.69) is 75.5 Å². The molecule has 4 aromatic heterocycles. The van der Waals surface area contributed by atoms with Crippen molar-refractivity contribution in [3.05, 3.63) is 137 Å². The van der Waals surface area contributed by atoms with Crippen LogP contribution in [0.3, 0.4) is 0 Å². The van der Waals surface area contributed by atoms with E-state index in [4.69, 9.17) is 21.7 Å². The topological polar surface area (TPSA) is 56.7 Å². The minimum absolute atomic E-state index is 0. The van der Waals surface area contributed by atoms with Crippen molar-refractivity contribution < 1.29 is 36.9 Å². The quantitative estimate of drug-likeness (QED) is 0.123. The third kappa shape index (κ3) is 7.37. The van der Waals surface area contributed by atoms with Crippen LogP contribution in [0.2, 0.25) is 19.6 Å². The van der Waals surface area contributed by atoms with E-state index in [1.54, 1.807) is 24.3 Å². The summed E-state index contributed by atoms with van der Waals surface area (Å²) in [4.78, 5) is 13.8. The Morgan fingerprint density at radius 1 is 0.796 bits per heavy atom. The molecule has 0 fully saturated rings. The Kier molecular flexibility index (Phi) is 8.29. The zero-order valence-corrected chi connectivity index (χ0v) is 34.8. The maximum atomic E-state index is 8.35. The molecular weight excluding hydrogens is 857 g/mol. The molecule has 0 bridgehead atoms. The molecule has 8 rings (SSSR count). The van der Waals surface area contributed by atoms with Crippen molar-refractivity contribution in [2.24, 2.45) is 0 Å². The van der Waals surface area contributed by atoms with E-state index in [0.717, 1.165) is 28.1 Å². The first kappa shape index (κ1) is 28.7. The van der Waals surface area contributed by atoms with Crippen LogP contribution in [0.15, 0.2) is 102 Å². The largest absolute Gasteiger partial charge is 0.501 e. The van der Waals surface area contributed by atoms with Crippen molar-refractivity contribution in [2.75, 3.05) is 0 Å². The number of aromatic nitrogens is 4. The second-order valence-electron chi connectivity index (χ2n) is 14.9. The van der Waals surface area contributed by atoms with E-state index in [-0.39, 0.29) is 43.2 Å². The van der Waals surface area contributed by atoms with Crippen LogP contribution in [-0.4, -0.2) is 27.6 Å². The summed E-state index contributed by atoms with van der Waals surface area (Å²) in [6, 6.07) is 31.8. The van der Waals surface area contributed by atoms with Crippen LogP contribution in [0.5, 0.6) is 0 Å². The van der Waals surface area contributed by atoms with Gasteiger partial charge >= 0.3 is 0 Å². The van der Waals surface area contributed by atoms with Crippen molar-refractivity contribution in [1.82, 2.24) is 19.5 Å². The van der Waals surface area contributed by atoms with Gasteiger partial charge < -0.3 is 14.0 Å². The second kappa shape index (κ2) is 15.6. The summed E-state index contributed by atoms with van der Waals surface area (Å²) in [5, 5.41) is 2.44. The Morgan fingerprint density at radius 3 is 2.20 bits per heavy atom. The summed E-state index contributed by atoms with van der Waals surface area (Å²) in [6.45, 7) is 8.22. The molecule has 4 aromatic carbocycles. The molecule has 0 amide bonds. The van der Waals surface area contributed by atoms with Gasteiger partial charge in [0.1, 0.15) is 5.58 Å². The number of fused-ring (bicyclic) bond motifs is 4. The maximum absolute atomic E-state index is 8.35. The van der Waals surface area contributed by atoms with Crippen LogP contribution in [-0.2, 0) is 20.1 Å². The fraction of sp³-hybridized carbons (Fsp3) is 0.255. The summed E-state index contributed by atoms with van der Waals surface area (Å²) in [5.41, 5.74) is 7.02. The fourth-order valence-corrected chi connectivity index (χ4v) is 7.73. The molecule has 5 nitrogen and oxygen atoms in total. The average Bonchev–Trinajstić information content (AvgIpc) is 3.78. The number of pyridine rings is 2. The summed E-state index contributed by atoms with van der Waals surface area (Å²) in [6.07, 6.45) is 3.38. The molecular formula is C47H48IrN4OSi-2. The van der Waals surface area contributed by atoms with E-state index in [1.165, 1.54) is 23.5 Å².